The molecule has 0 radical (unpaired) electrons. The molecule has 0 saturated carbocycles. The molecule has 4 nitrogen and oxygen atoms in total. The minimum atomic E-state index is -0.401. The lowest BCUT2D eigenvalue weighted by Gasteiger charge is -2.12. The van der Waals surface area contributed by atoms with Gasteiger partial charge in [-0.1, -0.05) is 0 Å². The second-order valence-corrected chi connectivity index (χ2v) is 2.13. The van der Waals surface area contributed by atoms with Crippen molar-refractivity contribution >= 4 is 0 Å². The second-order valence-electron chi connectivity index (χ2n) is 2.13. The van der Waals surface area contributed by atoms with E-state index in [1.807, 2.05) is 0 Å². The predicted molar refractivity (Wildman–Crippen MR) is 42.3 cm³/mol. The Morgan fingerprint density at radius 2 is 1.82 bits per heavy atom. The number of aliphatic hydroxyl groups excluding tert-OH is 3. The van der Waals surface area contributed by atoms with E-state index in [1.54, 1.807) is 6.92 Å². The molecule has 0 amide bonds. The van der Waals surface area contributed by atoms with Crippen molar-refractivity contribution in [2.24, 2.45) is 0 Å². The summed E-state index contributed by atoms with van der Waals surface area (Å²) in [6.45, 7) is 1.64. The third kappa shape index (κ3) is 9.84. The van der Waals surface area contributed by atoms with Gasteiger partial charge in [-0.25, -0.2) is 0 Å². The van der Waals surface area contributed by atoms with Gasteiger partial charge in [0.15, 0.2) is 0 Å². The zero-order valence-electron chi connectivity index (χ0n) is 7.32. The molecule has 4 heteroatoms. The van der Waals surface area contributed by atoms with E-state index in [-0.39, 0.29) is 12.7 Å². The molecule has 0 aromatic carbocycles. The van der Waals surface area contributed by atoms with Crippen LogP contribution in [0, 0.1) is 0 Å². The molecule has 0 aliphatic rings. The Morgan fingerprint density at radius 3 is 1.91 bits per heavy atom. The van der Waals surface area contributed by atoms with Crippen molar-refractivity contribution in [1.82, 2.24) is 0 Å². The quantitative estimate of drug-likeness (QED) is 0.520. The molecular formula is C7H18O4. The van der Waals surface area contributed by atoms with E-state index in [4.69, 9.17) is 20.1 Å². The van der Waals surface area contributed by atoms with E-state index in [2.05, 4.69) is 0 Å². The molecule has 11 heavy (non-hydrogen) atoms. The first-order valence-corrected chi connectivity index (χ1v) is 3.47. The number of hydrogen-bond donors (Lipinski definition) is 3. The summed E-state index contributed by atoms with van der Waals surface area (Å²) < 4.78 is 4.80. The average molecular weight is 166 g/mol. The van der Waals surface area contributed by atoms with Crippen molar-refractivity contribution in [1.29, 1.82) is 0 Å². The second kappa shape index (κ2) is 9.84. The molecule has 0 aliphatic carbocycles. The molecule has 0 heterocycles. The number of rotatable bonds is 4. The molecule has 2 atom stereocenters. The smallest absolute Gasteiger partial charge is 0.0826 e. The summed E-state index contributed by atoms with van der Waals surface area (Å²) in [6, 6.07) is 0. The maximum atomic E-state index is 8.79. The van der Waals surface area contributed by atoms with Crippen molar-refractivity contribution in [2.45, 2.75) is 25.6 Å². The minimum absolute atomic E-state index is 0.0264. The fourth-order valence-electron chi connectivity index (χ4n) is 0.626. The van der Waals surface area contributed by atoms with Crippen LogP contribution in [0.1, 0.15) is 13.3 Å². The van der Waals surface area contributed by atoms with Gasteiger partial charge in [-0.05, 0) is 6.92 Å². The molecule has 0 spiro atoms. The van der Waals surface area contributed by atoms with Crippen LogP contribution in [-0.2, 0) is 4.74 Å². The summed E-state index contributed by atoms with van der Waals surface area (Å²) in [7, 11) is 2.52. The van der Waals surface area contributed by atoms with Crippen LogP contribution in [0.4, 0.5) is 0 Å². The lowest BCUT2D eigenvalue weighted by atomic mass is 10.2. The predicted octanol–water partition coefficient (Wildman–Crippen LogP) is -0.627. The number of aliphatic hydroxyl groups is 3. The maximum absolute atomic E-state index is 8.79. The monoisotopic (exact) mass is 166 g/mol. The summed E-state index contributed by atoms with van der Waals surface area (Å²) in [5.74, 6) is 0. The topological polar surface area (TPSA) is 69.9 Å². The molecule has 3 N–H and O–H groups in total. The number of methoxy groups -OCH3 is 1. The lowest BCUT2D eigenvalue weighted by molar-refractivity contribution is 0.0141. The fraction of sp³-hybridized carbons (Fsp3) is 1.00. The first kappa shape index (κ1) is 13.4. The van der Waals surface area contributed by atoms with Crippen LogP contribution < -0.4 is 0 Å². The third-order valence-electron chi connectivity index (χ3n) is 1.14. The van der Waals surface area contributed by atoms with Gasteiger partial charge in [0.2, 0.25) is 0 Å². The summed E-state index contributed by atoms with van der Waals surface area (Å²) in [4.78, 5) is 0. The minimum Gasteiger partial charge on any atom is -0.400 e. The van der Waals surface area contributed by atoms with Crippen LogP contribution >= 0.6 is 0 Å². The average Bonchev–Trinajstić information content (AvgIpc) is 2.03. The molecular weight excluding hydrogens is 148 g/mol. The summed E-state index contributed by atoms with van der Waals surface area (Å²) in [5.41, 5.74) is 0. The standard InChI is InChI=1S/C6H14O3.CH4O/c1-5(8)3-6(4-7)9-2;1-2/h5-8H,3-4H2,1-2H3;2H,1H3. The Bertz CT molecular complexity index is 61.5. The Labute approximate surface area is 67.4 Å². The van der Waals surface area contributed by atoms with Crippen LogP contribution in [-0.4, -0.2) is 48.4 Å². The molecule has 0 aromatic heterocycles. The molecule has 0 fully saturated rings. The highest BCUT2D eigenvalue weighted by atomic mass is 16.5. The van der Waals surface area contributed by atoms with E-state index in [0.717, 1.165) is 7.11 Å². The SMILES string of the molecule is CO.COC(CO)CC(C)O. The van der Waals surface area contributed by atoms with Crippen molar-refractivity contribution in [2.75, 3.05) is 20.8 Å². The third-order valence-corrected chi connectivity index (χ3v) is 1.14. The molecule has 0 saturated heterocycles. The molecule has 0 bridgehead atoms. The Morgan fingerprint density at radius 1 is 1.36 bits per heavy atom. The highest BCUT2D eigenvalue weighted by Crippen LogP contribution is 1.99. The van der Waals surface area contributed by atoms with Gasteiger partial charge in [0.1, 0.15) is 0 Å². The van der Waals surface area contributed by atoms with Gasteiger partial charge >= 0.3 is 0 Å². The number of hydrogen-bond acceptors (Lipinski definition) is 4. The van der Waals surface area contributed by atoms with Crippen molar-refractivity contribution in [3.05, 3.63) is 0 Å². The van der Waals surface area contributed by atoms with Crippen LogP contribution in [0.25, 0.3) is 0 Å². The van der Waals surface area contributed by atoms with Crippen molar-refractivity contribution in [3.8, 4) is 0 Å². The van der Waals surface area contributed by atoms with E-state index < -0.39 is 6.10 Å². The van der Waals surface area contributed by atoms with Gasteiger partial charge in [-0.2, -0.15) is 0 Å². The van der Waals surface area contributed by atoms with Gasteiger partial charge in [-0.15, -0.1) is 0 Å². The van der Waals surface area contributed by atoms with Gasteiger partial charge in [-0.3, -0.25) is 0 Å². The van der Waals surface area contributed by atoms with Crippen LogP contribution in [0.2, 0.25) is 0 Å². The Hall–Kier alpha value is -0.160. The lowest BCUT2D eigenvalue weighted by Crippen LogP contribution is -2.20. The Balaban J connectivity index is 0. The van der Waals surface area contributed by atoms with Crippen LogP contribution in [0.3, 0.4) is 0 Å². The van der Waals surface area contributed by atoms with Crippen LogP contribution in [0.15, 0.2) is 0 Å². The van der Waals surface area contributed by atoms with Crippen LogP contribution in [0.5, 0.6) is 0 Å². The Kier molecular flexibility index (Phi) is 12.0. The zero-order chi connectivity index (χ0) is 9.28. The van der Waals surface area contributed by atoms with Crippen molar-refractivity contribution in [3.63, 3.8) is 0 Å². The summed E-state index contributed by atoms with van der Waals surface area (Å²) in [6.07, 6.45) is -0.125. The first-order chi connectivity index (χ1) is 5.20. The number of ether oxygens (including phenoxy) is 1. The maximum Gasteiger partial charge on any atom is 0.0826 e. The van der Waals surface area contributed by atoms with Gasteiger partial charge in [0.05, 0.1) is 18.8 Å². The normalized spacial score (nSPS) is 14.7. The van der Waals surface area contributed by atoms with Gasteiger partial charge in [0, 0.05) is 20.6 Å². The van der Waals surface area contributed by atoms with Crippen molar-refractivity contribution < 1.29 is 20.1 Å². The van der Waals surface area contributed by atoms with E-state index in [9.17, 15) is 0 Å². The summed E-state index contributed by atoms with van der Waals surface area (Å²) >= 11 is 0. The fourth-order valence-corrected chi connectivity index (χ4v) is 0.626. The van der Waals surface area contributed by atoms with E-state index in [0.29, 0.717) is 6.42 Å². The zero-order valence-corrected chi connectivity index (χ0v) is 7.32. The highest BCUT2D eigenvalue weighted by Gasteiger charge is 2.07. The summed E-state index contributed by atoms with van der Waals surface area (Å²) in [5, 5.41) is 24.3. The molecule has 2 unspecified atom stereocenters. The first-order valence-electron chi connectivity index (χ1n) is 3.47. The van der Waals surface area contributed by atoms with Gasteiger partial charge < -0.3 is 20.1 Å². The van der Waals surface area contributed by atoms with Gasteiger partial charge in [0.25, 0.3) is 0 Å². The molecule has 0 rings (SSSR count). The highest BCUT2D eigenvalue weighted by molar-refractivity contribution is 4.58. The molecule has 70 valence electrons. The van der Waals surface area contributed by atoms with E-state index in [1.165, 1.54) is 7.11 Å². The largest absolute Gasteiger partial charge is 0.400 e. The molecule has 0 aliphatic heterocycles. The molecule has 0 aromatic rings. The van der Waals surface area contributed by atoms with E-state index >= 15 is 0 Å².